The first-order valence-corrected chi connectivity index (χ1v) is 19.3. The molecule has 0 aliphatic rings. The maximum atomic E-state index is 13.9. The van der Waals surface area contributed by atoms with Crippen molar-refractivity contribution in [3.63, 3.8) is 0 Å². The Morgan fingerprint density at radius 1 is 0.452 bits per heavy atom. The summed E-state index contributed by atoms with van der Waals surface area (Å²) in [6, 6.07) is 24.4. The molecule has 2 aromatic heterocycles. The SMILES string of the molecule is Cc1nc(C)c(C(C)c2ccc(Oc3ccc(OC(F)(F)F)cc3)cc2)c(OC(=O)Oc2c(C)c(C)nc(C)c2C(C)c2ccc(Oc3ccc(OC(F)(F)F)cc3)cc2)c1C. The fourth-order valence-corrected chi connectivity index (χ4v) is 7.00. The average Bonchev–Trinajstić information content (AvgIpc) is 3.19. The maximum Gasteiger partial charge on any atom is 0.573 e. The van der Waals surface area contributed by atoms with Crippen LogP contribution in [0, 0.1) is 41.5 Å². The minimum atomic E-state index is -4.80. The molecule has 0 saturated carbocycles. The van der Waals surface area contributed by atoms with Gasteiger partial charge in [-0.3, -0.25) is 9.97 Å². The summed E-state index contributed by atoms with van der Waals surface area (Å²) in [5.74, 6) is 0.752. The first-order valence-electron chi connectivity index (χ1n) is 19.3. The third kappa shape index (κ3) is 10.9. The number of rotatable bonds is 12. The van der Waals surface area contributed by atoms with E-state index in [-0.39, 0.29) is 23.3 Å². The minimum Gasteiger partial charge on any atom is -0.457 e. The van der Waals surface area contributed by atoms with Gasteiger partial charge in [-0.25, -0.2) is 4.79 Å². The van der Waals surface area contributed by atoms with Crippen molar-refractivity contribution in [2.24, 2.45) is 0 Å². The number of hydrogen-bond acceptors (Lipinski definition) is 9. The Morgan fingerprint density at radius 3 is 1.02 bits per heavy atom. The van der Waals surface area contributed by atoms with Gasteiger partial charge in [-0.1, -0.05) is 38.1 Å². The number of nitrogens with zero attached hydrogens (tertiary/aromatic N) is 2. The molecule has 62 heavy (non-hydrogen) atoms. The third-order valence-electron chi connectivity index (χ3n) is 10.3. The molecule has 0 spiro atoms. The quantitative estimate of drug-likeness (QED) is 0.0880. The smallest absolute Gasteiger partial charge is 0.457 e. The lowest BCUT2D eigenvalue weighted by molar-refractivity contribution is -0.275. The standard InChI is InChI=1S/C47H42F6N2O7/c1-25-29(5)54-31(7)41(27(3)33-9-13-35(14-10-33)57-37-17-21-39(22-18-37)61-46(48,49)50)43(25)59-45(56)60-44-26(2)30(6)55-32(8)42(44)28(4)34-11-15-36(16-12-34)58-38-19-23-40(24-20-38)62-47(51,52)53/h9-24,27-28H,1-8H3. The molecular weight excluding hydrogens is 819 g/mol. The van der Waals surface area contributed by atoms with Crippen LogP contribution in [-0.4, -0.2) is 28.8 Å². The van der Waals surface area contributed by atoms with Crippen molar-refractivity contribution in [1.29, 1.82) is 0 Å². The number of benzene rings is 4. The molecule has 0 amide bonds. The number of halogens is 6. The van der Waals surface area contributed by atoms with Crippen LogP contribution < -0.4 is 28.4 Å². The molecular formula is C47H42F6N2O7. The highest BCUT2D eigenvalue weighted by atomic mass is 19.4. The van der Waals surface area contributed by atoms with Gasteiger partial charge in [-0.05, 0) is 125 Å². The van der Waals surface area contributed by atoms with Crippen molar-refractivity contribution in [2.75, 3.05) is 0 Å². The number of pyridine rings is 2. The van der Waals surface area contributed by atoms with Crippen LogP contribution in [0.3, 0.4) is 0 Å². The summed E-state index contributed by atoms with van der Waals surface area (Å²) in [7, 11) is 0. The van der Waals surface area contributed by atoms with E-state index in [4.69, 9.17) is 28.9 Å². The van der Waals surface area contributed by atoms with Gasteiger partial charge < -0.3 is 28.4 Å². The largest absolute Gasteiger partial charge is 0.573 e. The van der Waals surface area contributed by atoms with Gasteiger partial charge in [-0.2, -0.15) is 0 Å². The monoisotopic (exact) mass is 860 g/mol. The lowest BCUT2D eigenvalue weighted by Gasteiger charge is -2.23. The van der Waals surface area contributed by atoms with Gasteiger partial charge in [0.2, 0.25) is 0 Å². The average molecular weight is 861 g/mol. The zero-order valence-electron chi connectivity index (χ0n) is 34.9. The summed E-state index contributed by atoms with van der Waals surface area (Å²) in [5.41, 5.74) is 6.93. The predicted octanol–water partition coefficient (Wildman–Crippen LogP) is 13.6. The molecule has 324 valence electrons. The first kappa shape index (κ1) is 44.8. The predicted molar refractivity (Wildman–Crippen MR) is 218 cm³/mol. The normalized spacial score (nSPS) is 12.6. The Labute approximate surface area is 354 Å². The van der Waals surface area contributed by atoms with Crippen molar-refractivity contribution in [2.45, 2.75) is 80.0 Å². The summed E-state index contributed by atoms with van der Waals surface area (Å²) < 4.78 is 107. The van der Waals surface area contributed by atoms with E-state index in [9.17, 15) is 31.1 Å². The van der Waals surface area contributed by atoms with Crippen molar-refractivity contribution in [3.8, 4) is 46.0 Å². The number of aromatic nitrogens is 2. The molecule has 2 heterocycles. The molecule has 0 N–H and O–H groups in total. The lowest BCUT2D eigenvalue weighted by Crippen LogP contribution is -2.20. The minimum absolute atomic E-state index is 0.307. The highest BCUT2D eigenvalue weighted by molar-refractivity contribution is 5.71. The number of ether oxygens (including phenoxy) is 6. The molecule has 0 bridgehead atoms. The summed E-state index contributed by atoms with van der Waals surface area (Å²) in [6.07, 6.45) is -10.6. The maximum absolute atomic E-state index is 13.9. The summed E-state index contributed by atoms with van der Waals surface area (Å²) in [5, 5.41) is 0. The molecule has 6 rings (SSSR count). The van der Waals surface area contributed by atoms with Gasteiger partial charge in [0.25, 0.3) is 0 Å². The Morgan fingerprint density at radius 2 is 0.726 bits per heavy atom. The van der Waals surface area contributed by atoms with Gasteiger partial charge >= 0.3 is 18.9 Å². The van der Waals surface area contributed by atoms with Crippen LogP contribution in [0.2, 0.25) is 0 Å². The lowest BCUT2D eigenvalue weighted by atomic mass is 9.89. The van der Waals surface area contributed by atoms with Crippen LogP contribution in [0.25, 0.3) is 0 Å². The zero-order chi connectivity index (χ0) is 45.1. The fraction of sp³-hybridized carbons (Fsp3) is 0.255. The Kier molecular flexibility index (Phi) is 13.0. The van der Waals surface area contributed by atoms with Crippen molar-refractivity contribution in [1.82, 2.24) is 9.97 Å². The van der Waals surface area contributed by atoms with Gasteiger partial charge in [0.15, 0.2) is 0 Å². The summed E-state index contributed by atoms with van der Waals surface area (Å²) in [6.45, 7) is 14.8. The van der Waals surface area contributed by atoms with E-state index in [0.717, 1.165) is 35.4 Å². The number of hydrogen-bond donors (Lipinski definition) is 0. The van der Waals surface area contributed by atoms with Crippen LogP contribution in [-0.2, 0) is 0 Å². The van der Waals surface area contributed by atoms with Gasteiger partial charge in [0.05, 0.1) is 0 Å². The fourth-order valence-electron chi connectivity index (χ4n) is 7.00. The molecule has 9 nitrogen and oxygen atoms in total. The zero-order valence-corrected chi connectivity index (χ0v) is 34.9. The van der Waals surface area contributed by atoms with Crippen LogP contribution in [0.5, 0.6) is 46.0 Å². The van der Waals surface area contributed by atoms with E-state index in [0.29, 0.717) is 79.5 Å². The number of carbonyl (C=O) groups excluding carboxylic acids is 1. The number of alkyl halides is 6. The van der Waals surface area contributed by atoms with Crippen molar-refractivity contribution >= 4 is 6.16 Å². The second-order valence-corrected chi connectivity index (χ2v) is 14.6. The molecule has 2 unspecified atom stereocenters. The van der Waals surface area contributed by atoms with E-state index < -0.39 is 18.9 Å². The third-order valence-corrected chi connectivity index (χ3v) is 10.3. The topological polar surface area (TPSA) is 98.2 Å². The Hall–Kier alpha value is -6.77. The van der Waals surface area contributed by atoms with E-state index >= 15 is 0 Å². The second kappa shape index (κ2) is 18.1. The van der Waals surface area contributed by atoms with Crippen LogP contribution in [0.4, 0.5) is 31.1 Å². The van der Waals surface area contributed by atoms with Crippen LogP contribution in [0.15, 0.2) is 97.1 Å². The Balaban J connectivity index is 1.20. The van der Waals surface area contributed by atoms with E-state index in [2.05, 4.69) is 9.47 Å². The van der Waals surface area contributed by atoms with Gasteiger partial charge in [0.1, 0.15) is 46.0 Å². The molecule has 2 atom stereocenters. The van der Waals surface area contributed by atoms with Crippen molar-refractivity contribution in [3.05, 3.63) is 153 Å². The molecule has 0 radical (unpaired) electrons. The van der Waals surface area contributed by atoms with Crippen molar-refractivity contribution < 1.29 is 59.6 Å². The molecule has 4 aromatic carbocycles. The molecule has 6 aromatic rings. The molecule has 0 fully saturated rings. The van der Waals surface area contributed by atoms with Crippen LogP contribution >= 0.6 is 0 Å². The number of aryl methyl sites for hydroxylation is 4. The van der Waals surface area contributed by atoms with E-state index in [1.807, 2.05) is 79.7 Å². The molecule has 0 aliphatic heterocycles. The first-order chi connectivity index (χ1) is 29.2. The second-order valence-electron chi connectivity index (χ2n) is 14.6. The highest BCUT2D eigenvalue weighted by Gasteiger charge is 2.32. The highest BCUT2D eigenvalue weighted by Crippen LogP contribution is 2.41. The van der Waals surface area contributed by atoms with Crippen LogP contribution in [0.1, 0.15) is 81.8 Å². The molecule has 0 saturated heterocycles. The van der Waals surface area contributed by atoms with E-state index in [1.165, 1.54) is 24.3 Å². The summed E-state index contributed by atoms with van der Waals surface area (Å²) >= 11 is 0. The molecule has 15 heteroatoms. The van der Waals surface area contributed by atoms with Gasteiger partial charge in [-0.15, -0.1) is 26.3 Å². The van der Waals surface area contributed by atoms with Gasteiger partial charge in [0, 0.05) is 56.9 Å². The summed E-state index contributed by atoms with van der Waals surface area (Å²) in [4.78, 5) is 23.4. The Bertz CT molecular complexity index is 2370. The molecule has 0 aliphatic carbocycles. The van der Waals surface area contributed by atoms with E-state index in [1.54, 1.807) is 24.3 Å². The number of carbonyl (C=O) groups is 1.